The number of hydrogen-bond donors (Lipinski definition) is 3. The predicted octanol–water partition coefficient (Wildman–Crippen LogP) is 8.30. The van der Waals surface area contributed by atoms with Crippen LogP contribution in [0.25, 0.3) is 22.1 Å². The van der Waals surface area contributed by atoms with Crippen LogP contribution in [0, 0.1) is 0 Å². The van der Waals surface area contributed by atoms with Crippen molar-refractivity contribution in [2.24, 2.45) is 0 Å². The molecule has 6 aromatic rings. The lowest BCUT2D eigenvalue weighted by Gasteiger charge is -2.28. The highest BCUT2D eigenvalue weighted by Crippen LogP contribution is 2.33. The van der Waals surface area contributed by atoms with Gasteiger partial charge in [-0.1, -0.05) is 19.0 Å². The number of anilines is 5. The molecule has 0 aliphatic carbocycles. The first kappa shape index (κ1) is 42.0. The second-order valence-electron chi connectivity index (χ2n) is 13.8. The Morgan fingerprint density at radius 1 is 0.764 bits per heavy atom. The van der Waals surface area contributed by atoms with E-state index < -0.39 is 23.4 Å². The van der Waals surface area contributed by atoms with E-state index in [1.54, 1.807) is 47.7 Å². The average Bonchev–Trinajstić information content (AvgIpc) is 3.72. The third-order valence-corrected chi connectivity index (χ3v) is 7.71. The van der Waals surface area contributed by atoms with Crippen molar-refractivity contribution >= 4 is 86.0 Å². The zero-order chi connectivity index (χ0) is 39.0. The third-order valence-electron chi connectivity index (χ3n) is 7.26. The van der Waals surface area contributed by atoms with Crippen LogP contribution in [-0.4, -0.2) is 75.3 Å². The van der Waals surface area contributed by atoms with Gasteiger partial charge in [-0.25, -0.2) is 29.5 Å². The fourth-order valence-corrected chi connectivity index (χ4v) is 5.49. The molecule has 7 rings (SSSR count). The highest BCUT2D eigenvalue weighted by molar-refractivity contribution is 6.33. The van der Waals surface area contributed by atoms with E-state index in [9.17, 15) is 9.59 Å². The maximum absolute atomic E-state index is 11.9. The van der Waals surface area contributed by atoms with Gasteiger partial charge in [0.1, 0.15) is 45.9 Å². The van der Waals surface area contributed by atoms with Gasteiger partial charge in [-0.15, -0.1) is 11.6 Å². The maximum atomic E-state index is 11.9. The number of carbonyl (C=O) groups is 2. The number of nitrogens with two attached hydrogens (primary N) is 1. The quantitative estimate of drug-likeness (QED) is 0.0860. The molecule has 0 saturated heterocycles. The van der Waals surface area contributed by atoms with Crippen molar-refractivity contribution in [2.75, 3.05) is 33.7 Å². The number of nitrogen functional groups attached to an aromatic ring is 1. The second-order valence-corrected chi connectivity index (χ2v) is 14.6. The average molecular weight is 794 g/mol. The summed E-state index contributed by atoms with van der Waals surface area (Å²) in [5.74, 6) is 1.33. The van der Waals surface area contributed by atoms with Gasteiger partial charge in [-0.05, 0) is 90.1 Å². The van der Waals surface area contributed by atoms with E-state index in [0.717, 1.165) is 46.7 Å². The van der Waals surface area contributed by atoms with E-state index in [1.165, 1.54) is 6.33 Å². The SMILES string of the molecule is C.CC(C)(C)OC(=O)Nc1ccc(N)cc1.CC(C)(C)OC(=O)Nc1ccc(N2CCn3ncc4ncnc2c43)cc1.ClCCn1ncc2ncnc(Cl)c21. The summed E-state index contributed by atoms with van der Waals surface area (Å²) in [4.78, 5) is 42.0. The van der Waals surface area contributed by atoms with Crippen LogP contribution in [0.15, 0.2) is 73.6 Å². The van der Waals surface area contributed by atoms with Gasteiger partial charge in [-0.2, -0.15) is 10.2 Å². The number of amides is 2. The van der Waals surface area contributed by atoms with E-state index in [-0.39, 0.29) is 7.43 Å². The van der Waals surface area contributed by atoms with E-state index in [4.69, 9.17) is 38.4 Å². The van der Waals surface area contributed by atoms with Crippen molar-refractivity contribution in [1.29, 1.82) is 0 Å². The van der Waals surface area contributed by atoms with Crippen molar-refractivity contribution in [3.8, 4) is 0 Å². The van der Waals surface area contributed by atoms with Crippen molar-refractivity contribution < 1.29 is 19.1 Å². The normalized spacial score (nSPS) is 12.0. The number of carbonyl (C=O) groups excluding carboxylic acids is 2. The molecule has 0 spiro atoms. The zero-order valence-corrected chi connectivity index (χ0v) is 32.3. The van der Waals surface area contributed by atoms with Crippen LogP contribution in [0.2, 0.25) is 5.15 Å². The molecular weight excluding hydrogens is 747 g/mol. The highest BCUT2D eigenvalue weighted by Gasteiger charge is 2.23. The molecule has 2 amide bonds. The molecule has 0 bridgehead atoms. The molecule has 1 aliphatic heterocycles. The second kappa shape index (κ2) is 18.1. The van der Waals surface area contributed by atoms with Crippen LogP contribution in [0.5, 0.6) is 0 Å². The summed E-state index contributed by atoms with van der Waals surface area (Å²) in [6, 6.07) is 14.5. The molecule has 0 unspecified atom stereocenters. The minimum atomic E-state index is -0.529. The van der Waals surface area contributed by atoms with E-state index in [1.807, 2.05) is 70.5 Å². The van der Waals surface area contributed by atoms with Crippen molar-refractivity contribution in [3.63, 3.8) is 0 Å². The Bertz CT molecular complexity index is 2200. The van der Waals surface area contributed by atoms with Gasteiger partial charge in [0.05, 0.1) is 25.5 Å². The topological polar surface area (TPSA) is 193 Å². The first-order valence-corrected chi connectivity index (χ1v) is 17.8. The van der Waals surface area contributed by atoms with E-state index in [0.29, 0.717) is 34.6 Å². The number of benzene rings is 2. The number of halogens is 2. The number of aromatic nitrogens is 8. The van der Waals surface area contributed by atoms with Crippen LogP contribution in [0.1, 0.15) is 49.0 Å². The lowest BCUT2D eigenvalue weighted by molar-refractivity contribution is 0.0624. The Labute approximate surface area is 329 Å². The number of hydrogen-bond acceptors (Lipinski definition) is 12. The summed E-state index contributed by atoms with van der Waals surface area (Å²) in [7, 11) is 0. The molecular formula is C37H46Cl2N12O4. The fourth-order valence-electron chi connectivity index (χ4n) is 5.09. The van der Waals surface area contributed by atoms with Crippen LogP contribution in [0.4, 0.5) is 38.2 Å². The minimum absolute atomic E-state index is 0. The largest absolute Gasteiger partial charge is 0.444 e. The Morgan fingerprint density at radius 2 is 1.29 bits per heavy atom. The Morgan fingerprint density at radius 3 is 1.85 bits per heavy atom. The summed E-state index contributed by atoms with van der Waals surface area (Å²) < 4.78 is 14.0. The number of nitrogens with zero attached hydrogens (tertiary/aromatic N) is 9. The van der Waals surface area contributed by atoms with Crippen molar-refractivity contribution in [3.05, 3.63) is 78.7 Å². The molecule has 18 heteroatoms. The number of alkyl halides is 1. The third kappa shape index (κ3) is 11.6. The van der Waals surface area contributed by atoms with Crippen LogP contribution < -0.4 is 21.3 Å². The zero-order valence-electron chi connectivity index (χ0n) is 30.7. The first-order valence-electron chi connectivity index (χ1n) is 16.9. The molecule has 1 aliphatic rings. The number of aryl methyl sites for hydroxylation is 1. The molecule has 5 heterocycles. The van der Waals surface area contributed by atoms with Gasteiger partial charge in [0.2, 0.25) is 0 Å². The van der Waals surface area contributed by atoms with Crippen LogP contribution in [0.3, 0.4) is 0 Å². The van der Waals surface area contributed by atoms with Gasteiger partial charge < -0.3 is 20.1 Å². The molecule has 4 aromatic heterocycles. The maximum Gasteiger partial charge on any atom is 0.412 e. The molecule has 0 saturated carbocycles. The van der Waals surface area contributed by atoms with E-state index in [2.05, 4.69) is 45.7 Å². The molecule has 2 aromatic carbocycles. The molecule has 55 heavy (non-hydrogen) atoms. The lowest BCUT2D eigenvalue weighted by atomic mass is 10.2. The van der Waals surface area contributed by atoms with Gasteiger partial charge in [0, 0.05) is 35.2 Å². The van der Waals surface area contributed by atoms with Crippen LogP contribution in [-0.2, 0) is 22.6 Å². The fraction of sp³-hybridized carbons (Fsp3) is 0.351. The Kier molecular flexibility index (Phi) is 13.8. The lowest BCUT2D eigenvalue weighted by Crippen LogP contribution is -2.29. The van der Waals surface area contributed by atoms with Gasteiger partial charge in [0.15, 0.2) is 11.0 Å². The molecule has 292 valence electrons. The first-order chi connectivity index (χ1) is 25.6. The summed E-state index contributed by atoms with van der Waals surface area (Å²) in [5, 5.41) is 14.2. The predicted molar refractivity (Wildman–Crippen MR) is 217 cm³/mol. The van der Waals surface area contributed by atoms with Crippen molar-refractivity contribution in [1.82, 2.24) is 39.5 Å². The Hall–Kier alpha value is -5.74. The molecule has 0 atom stereocenters. The molecule has 0 fully saturated rings. The number of nitrogens with one attached hydrogen (secondary N) is 2. The monoisotopic (exact) mass is 792 g/mol. The van der Waals surface area contributed by atoms with Crippen LogP contribution >= 0.6 is 23.2 Å². The Balaban J connectivity index is 0.000000198. The van der Waals surface area contributed by atoms with Gasteiger partial charge >= 0.3 is 12.2 Å². The van der Waals surface area contributed by atoms with Gasteiger partial charge in [0.25, 0.3) is 0 Å². The summed E-state index contributed by atoms with van der Waals surface area (Å²) >= 11 is 11.5. The van der Waals surface area contributed by atoms with E-state index >= 15 is 0 Å². The number of fused-ring (bicyclic) bond motifs is 1. The van der Waals surface area contributed by atoms with Gasteiger partial charge in [-0.3, -0.25) is 20.0 Å². The van der Waals surface area contributed by atoms with Crippen molar-refractivity contribution in [2.45, 2.75) is 73.3 Å². The summed E-state index contributed by atoms with van der Waals surface area (Å²) in [6.07, 6.45) is 5.45. The molecule has 0 radical (unpaired) electrons. The summed E-state index contributed by atoms with van der Waals surface area (Å²) in [5.41, 5.74) is 10.7. The standard InChI is InChI=1S/C18H20N6O2.C11H16N2O2.C7H6Cl2N4.CH4/c1-18(2,3)26-17(25)22-12-4-6-13(7-5-12)23-8-9-24-15-14(10-21-24)19-11-20-16(15)23;1-11(2,3)15-10(14)13-9-6-4-8(12)5-7-9;8-1-2-13-6-5(3-12-13)10-4-11-7(6)9;/h4-7,10-11H,8-9H2,1-3H3,(H,22,25);4-7H,12H2,1-3H3,(H,13,14);3-4H,1-2H2;1H4. The number of rotatable bonds is 5. The molecule has 16 nitrogen and oxygen atoms in total. The molecule has 4 N–H and O–H groups in total. The smallest absolute Gasteiger partial charge is 0.412 e. The highest BCUT2D eigenvalue weighted by atomic mass is 35.5. The number of ether oxygens (including phenoxy) is 2. The minimum Gasteiger partial charge on any atom is -0.444 e. The summed E-state index contributed by atoms with van der Waals surface area (Å²) in [6.45, 7) is 13.1.